The molecule has 2 aromatic rings. The smallest absolute Gasteiger partial charge is 0.263 e. The number of nitrogens with two attached hydrogens (primary N) is 1. The van der Waals surface area contributed by atoms with E-state index < -0.39 is 10.0 Å². The van der Waals surface area contributed by atoms with Crippen molar-refractivity contribution in [2.75, 3.05) is 17.6 Å². The highest BCUT2D eigenvalue weighted by atomic mass is 32.2. The van der Waals surface area contributed by atoms with E-state index in [1.165, 1.54) is 30.1 Å². The Morgan fingerprint density at radius 1 is 1.32 bits per heavy atom. The molecule has 19 heavy (non-hydrogen) atoms. The molecule has 0 unspecified atom stereocenters. The molecule has 8 heteroatoms. The maximum atomic E-state index is 12.2. The Bertz CT molecular complexity index is 657. The lowest BCUT2D eigenvalue weighted by molar-refractivity contribution is 0.414. The Kier molecular flexibility index (Phi) is 3.34. The lowest BCUT2D eigenvalue weighted by Crippen LogP contribution is -2.16. The largest absolute Gasteiger partial charge is 0.497 e. The monoisotopic (exact) mass is 282 g/mol. The number of hydrogen-bond acceptors (Lipinski definition) is 5. The molecule has 0 atom stereocenters. The van der Waals surface area contributed by atoms with E-state index in [9.17, 15) is 8.42 Å². The average Bonchev–Trinajstić information content (AvgIpc) is 2.70. The SMILES string of the molecule is COc1ccc(S(=O)(=O)Nc2c(N)cnn2C)cc1. The van der Waals surface area contributed by atoms with Crippen molar-refractivity contribution >= 4 is 21.5 Å². The number of rotatable bonds is 4. The second-order valence-electron chi connectivity index (χ2n) is 3.85. The number of aromatic nitrogens is 2. The number of nitrogen functional groups attached to an aromatic ring is 1. The van der Waals surface area contributed by atoms with Gasteiger partial charge >= 0.3 is 0 Å². The third-order valence-electron chi connectivity index (χ3n) is 2.57. The quantitative estimate of drug-likeness (QED) is 0.864. The Morgan fingerprint density at radius 2 is 1.95 bits per heavy atom. The van der Waals surface area contributed by atoms with Crippen LogP contribution in [-0.2, 0) is 17.1 Å². The molecule has 3 N–H and O–H groups in total. The number of nitrogens with one attached hydrogen (secondary N) is 1. The molecule has 0 saturated heterocycles. The van der Waals surface area contributed by atoms with E-state index >= 15 is 0 Å². The zero-order valence-corrected chi connectivity index (χ0v) is 11.3. The number of ether oxygens (including phenoxy) is 1. The highest BCUT2D eigenvalue weighted by Gasteiger charge is 2.17. The molecule has 0 bridgehead atoms. The van der Waals surface area contributed by atoms with Crippen LogP contribution in [0.4, 0.5) is 11.5 Å². The average molecular weight is 282 g/mol. The topological polar surface area (TPSA) is 99.2 Å². The van der Waals surface area contributed by atoms with Gasteiger partial charge in [0.25, 0.3) is 10.0 Å². The normalized spacial score (nSPS) is 11.3. The number of sulfonamides is 1. The summed E-state index contributed by atoms with van der Waals surface area (Å²) in [4.78, 5) is 0.119. The first-order valence-electron chi connectivity index (χ1n) is 5.38. The molecule has 0 fully saturated rings. The minimum absolute atomic E-state index is 0.119. The highest BCUT2D eigenvalue weighted by Crippen LogP contribution is 2.22. The number of aryl methyl sites for hydroxylation is 1. The van der Waals surface area contributed by atoms with E-state index in [0.717, 1.165) is 0 Å². The minimum Gasteiger partial charge on any atom is -0.497 e. The summed E-state index contributed by atoms with van der Waals surface area (Å²) in [5, 5.41) is 3.87. The molecule has 1 aromatic heterocycles. The Morgan fingerprint density at radius 3 is 2.42 bits per heavy atom. The zero-order valence-electron chi connectivity index (χ0n) is 10.5. The summed E-state index contributed by atoms with van der Waals surface area (Å²) < 4.78 is 33.0. The molecular formula is C11H14N4O3S. The Hall–Kier alpha value is -2.22. The van der Waals surface area contributed by atoms with E-state index in [0.29, 0.717) is 5.75 Å². The first-order valence-corrected chi connectivity index (χ1v) is 6.86. The molecule has 0 aliphatic rings. The van der Waals surface area contributed by atoms with Gasteiger partial charge in [-0.25, -0.2) is 8.42 Å². The summed E-state index contributed by atoms with van der Waals surface area (Å²) in [5.74, 6) is 0.815. The van der Waals surface area contributed by atoms with Crippen LogP contribution in [0.3, 0.4) is 0 Å². The summed E-state index contributed by atoms with van der Waals surface area (Å²) in [6, 6.07) is 6.05. The molecule has 0 saturated carbocycles. The van der Waals surface area contributed by atoms with Gasteiger partial charge in [0, 0.05) is 7.05 Å². The van der Waals surface area contributed by atoms with Gasteiger partial charge in [0.2, 0.25) is 0 Å². The van der Waals surface area contributed by atoms with Gasteiger partial charge in [-0.3, -0.25) is 9.40 Å². The molecule has 1 heterocycles. The number of hydrogen-bond donors (Lipinski definition) is 2. The van der Waals surface area contributed by atoms with E-state index in [4.69, 9.17) is 10.5 Å². The Labute approximate surface area is 111 Å². The fourth-order valence-electron chi connectivity index (χ4n) is 1.52. The van der Waals surface area contributed by atoms with Crippen LogP contribution in [-0.4, -0.2) is 25.3 Å². The summed E-state index contributed by atoms with van der Waals surface area (Å²) in [7, 11) is -0.588. The van der Waals surface area contributed by atoms with E-state index in [2.05, 4.69) is 9.82 Å². The summed E-state index contributed by atoms with van der Waals surface area (Å²) >= 11 is 0. The lowest BCUT2D eigenvalue weighted by Gasteiger charge is -2.09. The van der Waals surface area contributed by atoms with Gasteiger partial charge in [-0.2, -0.15) is 5.10 Å². The van der Waals surface area contributed by atoms with Gasteiger partial charge in [-0.1, -0.05) is 0 Å². The third kappa shape index (κ3) is 2.63. The van der Waals surface area contributed by atoms with Crippen LogP contribution in [0.1, 0.15) is 0 Å². The number of nitrogens with zero attached hydrogens (tertiary/aromatic N) is 2. The van der Waals surface area contributed by atoms with Crippen LogP contribution < -0.4 is 15.2 Å². The maximum absolute atomic E-state index is 12.2. The summed E-state index contributed by atoms with van der Waals surface area (Å²) in [6.45, 7) is 0. The zero-order chi connectivity index (χ0) is 14.0. The van der Waals surface area contributed by atoms with Crippen molar-refractivity contribution in [2.24, 2.45) is 7.05 Å². The van der Waals surface area contributed by atoms with Crippen molar-refractivity contribution in [3.63, 3.8) is 0 Å². The molecule has 0 aliphatic heterocycles. The summed E-state index contributed by atoms with van der Waals surface area (Å²) in [6.07, 6.45) is 1.38. The number of methoxy groups -OCH3 is 1. The molecule has 7 nitrogen and oxygen atoms in total. The second-order valence-corrected chi connectivity index (χ2v) is 5.54. The van der Waals surface area contributed by atoms with Crippen molar-refractivity contribution in [2.45, 2.75) is 4.90 Å². The van der Waals surface area contributed by atoms with Crippen molar-refractivity contribution < 1.29 is 13.2 Å². The van der Waals surface area contributed by atoms with Gasteiger partial charge < -0.3 is 10.5 Å². The fourth-order valence-corrected chi connectivity index (χ4v) is 2.64. The Balaban J connectivity index is 2.32. The highest BCUT2D eigenvalue weighted by molar-refractivity contribution is 7.92. The van der Waals surface area contributed by atoms with Gasteiger partial charge in [0.05, 0.1) is 23.9 Å². The summed E-state index contributed by atoms with van der Waals surface area (Å²) in [5.41, 5.74) is 5.91. The predicted molar refractivity (Wildman–Crippen MR) is 71.4 cm³/mol. The minimum atomic E-state index is -3.70. The van der Waals surface area contributed by atoms with Crippen LogP contribution in [0, 0.1) is 0 Å². The molecule has 0 spiro atoms. The van der Waals surface area contributed by atoms with E-state index in [1.54, 1.807) is 19.2 Å². The van der Waals surface area contributed by atoms with Gasteiger partial charge in [0.15, 0.2) is 5.82 Å². The maximum Gasteiger partial charge on any atom is 0.263 e. The molecule has 2 rings (SSSR count). The van der Waals surface area contributed by atoms with Crippen LogP contribution in [0.25, 0.3) is 0 Å². The predicted octanol–water partition coefficient (Wildman–Crippen LogP) is 0.812. The van der Waals surface area contributed by atoms with Crippen molar-refractivity contribution in [3.8, 4) is 5.75 Å². The van der Waals surface area contributed by atoms with Crippen LogP contribution >= 0.6 is 0 Å². The fraction of sp³-hybridized carbons (Fsp3) is 0.182. The van der Waals surface area contributed by atoms with E-state index in [-0.39, 0.29) is 16.4 Å². The molecule has 0 amide bonds. The van der Waals surface area contributed by atoms with Crippen LogP contribution in [0.5, 0.6) is 5.75 Å². The molecule has 1 aromatic carbocycles. The van der Waals surface area contributed by atoms with Crippen molar-refractivity contribution in [3.05, 3.63) is 30.5 Å². The molecule has 0 aliphatic carbocycles. The van der Waals surface area contributed by atoms with Crippen LogP contribution in [0.15, 0.2) is 35.4 Å². The molecular weight excluding hydrogens is 268 g/mol. The van der Waals surface area contributed by atoms with Gasteiger partial charge in [-0.05, 0) is 24.3 Å². The number of anilines is 2. The molecule has 0 radical (unpaired) electrons. The standard InChI is InChI=1S/C11H14N4O3S/c1-15-11(10(12)7-13-15)14-19(16,17)9-5-3-8(18-2)4-6-9/h3-7,14H,12H2,1-2H3. The van der Waals surface area contributed by atoms with Gasteiger partial charge in [0.1, 0.15) is 5.75 Å². The van der Waals surface area contributed by atoms with Crippen LogP contribution in [0.2, 0.25) is 0 Å². The van der Waals surface area contributed by atoms with Crippen molar-refractivity contribution in [1.29, 1.82) is 0 Å². The van der Waals surface area contributed by atoms with Crippen molar-refractivity contribution in [1.82, 2.24) is 9.78 Å². The second kappa shape index (κ2) is 4.81. The first kappa shape index (κ1) is 13.2. The molecule has 102 valence electrons. The van der Waals surface area contributed by atoms with E-state index in [1.807, 2.05) is 0 Å². The third-order valence-corrected chi connectivity index (χ3v) is 3.92. The first-order chi connectivity index (χ1) is 8.94. The number of benzene rings is 1. The van der Waals surface area contributed by atoms with Gasteiger partial charge in [-0.15, -0.1) is 0 Å². The lowest BCUT2D eigenvalue weighted by atomic mass is 10.3.